The Morgan fingerprint density at radius 3 is 2.71 bits per heavy atom. The van der Waals surface area contributed by atoms with Gasteiger partial charge in [-0.25, -0.2) is 9.78 Å². The van der Waals surface area contributed by atoms with Crippen molar-refractivity contribution in [3.05, 3.63) is 23.2 Å². The Labute approximate surface area is 103 Å². The monoisotopic (exact) mass is 250 g/mol. The summed E-state index contributed by atoms with van der Waals surface area (Å²) in [6.45, 7) is 5.48. The number of nitrogens with two attached hydrogens (primary N) is 1. The van der Waals surface area contributed by atoms with Crippen LogP contribution in [-0.2, 0) is 4.74 Å². The van der Waals surface area contributed by atoms with Gasteiger partial charge in [0.25, 0.3) is 0 Å². The normalized spacial score (nSPS) is 11.7. The lowest BCUT2D eigenvalue weighted by atomic mass is 10.2. The number of aromatic nitrogens is 1. The van der Waals surface area contributed by atoms with Crippen LogP contribution in [0.3, 0.4) is 0 Å². The van der Waals surface area contributed by atoms with Gasteiger partial charge in [0.15, 0.2) is 0 Å². The van der Waals surface area contributed by atoms with E-state index in [2.05, 4.69) is 4.98 Å². The second-order valence-electron chi connectivity index (χ2n) is 4.71. The lowest BCUT2D eigenvalue weighted by Crippen LogP contribution is -2.23. The number of nitrogen functional groups attached to an aromatic ring is 1. The van der Waals surface area contributed by atoms with E-state index in [4.69, 9.17) is 10.5 Å². The van der Waals surface area contributed by atoms with Gasteiger partial charge in [-0.2, -0.15) is 0 Å². The molecule has 1 aromatic heterocycles. The van der Waals surface area contributed by atoms with Crippen molar-refractivity contribution in [2.75, 3.05) is 5.73 Å². The summed E-state index contributed by atoms with van der Waals surface area (Å²) in [6.07, 6.45) is 0. The van der Waals surface area contributed by atoms with E-state index in [0.717, 1.165) is 4.70 Å². The molecule has 0 amide bonds. The Morgan fingerprint density at radius 1 is 1.41 bits per heavy atom. The first kappa shape index (κ1) is 11.9. The number of para-hydroxylation sites is 1. The van der Waals surface area contributed by atoms with Crippen molar-refractivity contribution in [3.8, 4) is 0 Å². The second kappa shape index (κ2) is 4.00. The highest BCUT2D eigenvalue weighted by atomic mass is 32.1. The number of rotatable bonds is 1. The molecule has 4 nitrogen and oxygen atoms in total. The van der Waals surface area contributed by atoms with Crippen LogP contribution in [-0.4, -0.2) is 16.6 Å². The number of ether oxygens (including phenoxy) is 1. The first-order valence-corrected chi connectivity index (χ1v) is 6.07. The Kier molecular flexibility index (Phi) is 2.79. The summed E-state index contributed by atoms with van der Waals surface area (Å²) in [5.41, 5.74) is 6.52. The minimum absolute atomic E-state index is 0.341. The molecule has 0 saturated heterocycles. The van der Waals surface area contributed by atoms with E-state index in [-0.39, 0.29) is 0 Å². The standard InChI is InChI=1S/C12H14N2O2S/c1-12(2,3)16-11(15)10-14-9-7(13)5-4-6-8(9)17-10/h4-6H,13H2,1-3H3. The molecular formula is C12H14N2O2S. The zero-order valence-electron chi connectivity index (χ0n) is 9.98. The van der Waals surface area contributed by atoms with E-state index in [0.29, 0.717) is 16.2 Å². The zero-order chi connectivity index (χ0) is 12.6. The van der Waals surface area contributed by atoms with Crippen LogP contribution < -0.4 is 5.73 Å². The molecule has 2 rings (SSSR count). The van der Waals surface area contributed by atoms with Gasteiger partial charge < -0.3 is 10.5 Å². The van der Waals surface area contributed by atoms with Gasteiger partial charge in [0.05, 0.1) is 10.4 Å². The van der Waals surface area contributed by atoms with E-state index >= 15 is 0 Å². The molecule has 0 aliphatic rings. The number of carbonyl (C=O) groups excluding carboxylic acids is 1. The minimum atomic E-state index is -0.513. The molecule has 0 fully saturated rings. The molecule has 0 saturated carbocycles. The maximum atomic E-state index is 11.8. The molecule has 90 valence electrons. The van der Waals surface area contributed by atoms with Gasteiger partial charge in [0, 0.05) is 0 Å². The molecular weight excluding hydrogens is 236 g/mol. The van der Waals surface area contributed by atoms with Crippen molar-refractivity contribution in [2.45, 2.75) is 26.4 Å². The molecule has 0 aliphatic carbocycles. The van der Waals surface area contributed by atoms with Crippen molar-refractivity contribution in [3.63, 3.8) is 0 Å². The maximum Gasteiger partial charge on any atom is 0.367 e. The summed E-state index contributed by atoms with van der Waals surface area (Å²) < 4.78 is 6.16. The Hall–Kier alpha value is -1.62. The molecule has 0 aliphatic heterocycles. The fourth-order valence-corrected chi connectivity index (χ4v) is 2.26. The van der Waals surface area contributed by atoms with Crippen LogP contribution in [0.5, 0.6) is 0 Å². The molecule has 1 heterocycles. The molecule has 0 spiro atoms. The van der Waals surface area contributed by atoms with Crippen molar-refractivity contribution >= 4 is 33.2 Å². The Balaban J connectivity index is 2.37. The summed E-state index contributed by atoms with van der Waals surface area (Å²) >= 11 is 1.29. The Bertz CT molecular complexity index is 569. The number of hydrogen-bond acceptors (Lipinski definition) is 5. The van der Waals surface area contributed by atoms with Crippen LogP contribution in [0.25, 0.3) is 10.2 Å². The SMILES string of the molecule is CC(C)(C)OC(=O)c1nc2c(N)cccc2s1. The summed E-state index contributed by atoms with van der Waals surface area (Å²) in [6, 6.07) is 5.49. The number of hydrogen-bond donors (Lipinski definition) is 1. The van der Waals surface area contributed by atoms with Crippen molar-refractivity contribution < 1.29 is 9.53 Å². The third-order valence-electron chi connectivity index (χ3n) is 2.02. The van der Waals surface area contributed by atoms with E-state index in [1.165, 1.54) is 11.3 Å². The van der Waals surface area contributed by atoms with Gasteiger partial charge >= 0.3 is 5.97 Å². The van der Waals surface area contributed by atoms with Gasteiger partial charge in [-0.1, -0.05) is 6.07 Å². The summed E-state index contributed by atoms with van der Waals surface area (Å²) in [5.74, 6) is -0.405. The molecule has 2 N–H and O–H groups in total. The van der Waals surface area contributed by atoms with E-state index in [9.17, 15) is 4.79 Å². The average molecular weight is 250 g/mol. The van der Waals surface area contributed by atoms with Crippen molar-refractivity contribution in [2.24, 2.45) is 0 Å². The lowest BCUT2D eigenvalue weighted by Gasteiger charge is -2.18. The number of fused-ring (bicyclic) bond motifs is 1. The van der Waals surface area contributed by atoms with Gasteiger partial charge in [-0.3, -0.25) is 0 Å². The molecule has 0 atom stereocenters. The zero-order valence-corrected chi connectivity index (χ0v) is 10.8. The molecule has 0 bridgehead atoms. The number of nitrogens with zero attached hydrogens (tertiary/aromatic N) is 1. The molecule has 0 radical (unpaired) electrons. The fraction of sp³-hybridized carbons (Fsp3) is 0.333. The van der Waals surface area contributed by atoms with E-state index < -0.39 is 11.6 Å². The second-order valence-corrected chi connectivity index (χ2v) is 5.75. The molecule has 0 unspecified atom stereocenters. The first-order valence-electron chi connectivity index (χ1n) is 5.25. The van der Waals surface area contributed by atoms with E-state index in [1.807, 2.05) is 32.9 Å². The summed E-state index contributed by atoms with van der Waals surface area (Å²) in [7, 11) is 0. The van der Waals surface area contributed by atoms with Crippen LogP contribution in [0.1, 0.15) is 30.6 Å². The topological polar surface area (TPSA) is 65.2 Å². The van der Waals surface area contributed by atoms with Gasteiger partial charge in [0.1, 0.15) is 11.1 Å². The van der Waals surface area contributed by atoms with Gasteiger partial charge in [-0.15, -0.1) is 11.3 Å². The summed E-state index contributed by atoms with van der Waals surface area (Å²) in [5, 5.41) is 0.341. The van der Waals surface area contributed by atoms with Gasteiger partial charge in [0.2, 0.25) is 5.01 Å². The third-order valence-corrected chi connectivity index (χ3v) is 3.02. The highest BCUT2D eigenvalue weighted by Gasteiger charge is 2.21. The molecule has 1 aromatic carbocycles. The van der Waals surface area contributed by atoms with Crippen LogP contribution in [0.15, 0.2) is 18.2 Å². The van der Waals surface area contributed by atoms with Crippen LogP contribution in [0.2, 0.25) is 0 Å². The number of carbonyl (C=O) groups is 1. The fourth-order valence-electron chi connectivity index (χ4n) is 1.38. The highest BCUT2D eigenvalue weighted by molar-refractivity contribution is 7.20. The first-order chi connectivity index (χ1) is 7.87. The lowest BCUT2D eigenvalue weighted by molar-refractivity contribution is 0.00695. The number of anilines is 1. The number of benzene rings is 1. The summed E-state index contributed by atoms with van der Waals surface area (Å²) in [4.78, 5) is 16.0. The van der Waals surface area contributed by atoms with Crippen LogP contribution >= 0.6 is 11.3 Å². The maximum absolute atomic E-state index is 11.8. The van der Waals surface area contributed by atoms with Gasteiger partial charge in [-0.05, 0) is 32.9 Å². The highest BCUT2D eigenvalue weighted by Crippen LogP contribution is 2.27. The molecule has 2 aromatic rings. The van der Waals surface area contributed by atoms with Crippen molar-refractivity contribution in [1.29, 1.82) is 0 Å². The largest absolute Gasteiger partial charge is 0.455 e. The minimum Gasteiger partial charge on any atom is -0.455 e. The van der Waals surface area contributed by atoms with Crippen LogP contribution in [0.4, 0.5) is 5.69 Å². The predicted molar refractivity (Wildman–Crippen MR) is 69.2 cm³/mol. The average Bonchev–Trinajstić information content (AvgIpc) is 2.60. The third kappa shape index (κ3) is 2.55. The van der Waals surface area contributed by atoms with Crippen LogP contribution in [0, 0.1) is 0 Å². The quantitative estimate of drug-likeness (QED) is 0.624. The number of esters is 1. The predicted octanol–water partition coefficient (Wildman–Crippen LogP) is 2.83. The molecule has 5 heteroatoms. The van der Waals surface area contributed by atoms with Crippen molar-refractivity contribution in [1.82, 2.24) is 4.98 Å². The molecule has 17 heavy (non-hydrogen) atoms. The number of thiazole rings is 1. The van der Waals surface area contributed by atoms with E-state index in [1.54, 1.807) is 6.07 Å². The smallest absolute Gasteiger partial charge is 0.367 e. The Morgan fingerprint density at radius 2 is 2.12 bits per heavy atom.